The molecule has 0 unspecified atom stereocenters. The Bertz CT molecular complexity index is 1240. The van der Waals surface area contributed by atoms with Gasteiger partial charge in [0.2, 0.25) is 5.91 Å². The maximum Gasteiger partial charge on any atom is 0.249 e. The molecule has 2 fully saturated rings. The Balaban J connectivity index is 1.21. The number of nitrogens with one attached hydrogen (secondary N) is 1. The average Bonchev–Trinajstić information content (AvgIpc) is 3.46. The van der Waals surface area contributed by atoms with E-state index >= 15 is 0 Å². The summed E-state index contributed by atoms with van der Waals surface area (Å²) in [5.41, 5.74) is 7.95. The number of piperazine rings is 1. The van der Waals surface area contributed by atoms with Crippen molar-refractivity contribution in [2.24, 2.45) is 5.73 Å². The van der Waals surface area contributed by atoms with E-state index in [0.717, 1.165) is 81.2 Å². The zero-order chi connectivity index (χ0) is 26.6. The zero-order valence-electron chi connectivity index (χ0n) is 21.7. The molecule has 38 heavy (non-hydrogen) atoms. The van der Waals surface area contributed by atoms with Crippen LogP contribution < -0.4 is 10.6 Å². The van der Waals surface area contributed by atoms with Crippen LogP contribution >= 0.6 is 23.2 Å². The highest BCUT2D eigenvalue weighted by atomic mass is 35.5. The van der Waals surface area contributed by atoms with Crippen LogP contribution in [-0.2, 0) is 6.54 Å². The molecule has 8 nitrogen and oxygen atoms in total. The maximum atomic E-state index is 11.9. The molecule has 2 aromatic heterocycles. The number of aromatic amines is 1. The fourth-order valence-electron chi connectivity index (χ4n) is 5.91. The molecule has 0 bridgehead atoms. The van der Waals surface area contributed by atoms with E-state index in [9.17, 15) is 4.79 Å². The number of anilines is 1. The molecular weight excluding hydrogens is 521 g/mol. The first-order chi connectivity index (χ1) is 18.4. The first kappa shape index (κ1) is 26.9. The average molecular weight is 557 g/mol. The number of H-pyrrole nitrogens is 1. The number of likely N-dealkylation sites (tertiary alicyclic amines) is 1. The van der Waals surface area contributed by atoms with E-state index in [1.54, 1.807) is 18.5 Å². The molecule has 5 rings (SSSR count). The Labute approximate surface area is 234 Å². The van der Waals surface area contributed by atoms with Crippen molar-refractivity contribution in [2.75, 3.05) is 37.6 Å². The third-order valence-corrected chi connectivity index (χ3v) is 8.31. The molecule has 2 saturated heterocycles. The van der Waals surface area contributed by atoms with Crippen molar-refractivity contribution in [2.45, 2.75) is 51.2 Å². The summed E-state index contributed by atoms with van der Waals surface area (Å²) in [4.78, 5) is 31.5. The number of carbonyl (C=O) groups excluding carboxylic acids is 1. The van der Waals surface area contributed by atoms with Crippen molar-refractivity contribution in [3.63, 3.8) is 0 Å². The molecule has 1 aromatic carbocycles. The van der Waals surface area contributed by atoms with E-state index in [-0.39, 0.29) is 0 Å². The summed E-state index contributed by atoms with van der Waals surface area (Å²) in [5.74, 6) is 1.20. The zero-order valence-corrected chi connectivity index (χ0v) is 23.3. The third-order valence-electron chi connectivity index (χ3n) is 7.80. The van der Waals surface area contributed by atoms with Crippen LogP contribution in [-0.4, -0.2) is 75.5 Å². The molecule has 0 aliphatic carbocycles. The second-order valence-corrected chi connectivity index (χ2v) is 11.1. The van der Waals surface area contributed by atoms with Gasteiger partial charge in [-0.1, -0.05) is 42.6 Å². The third kappa shape index (κ3) is 5.99. The van der Waals surface area contributed by atoms with E-state index in [2.05, 4.69) is 31.6 Å². The number of pyridine rings is 1. The number of nitrogens with two attached hydrogens (primary N) is 1. The van der Waals surface area contributed by atoms with Gasteiger partial charge in [0.05, 0.1) is 5.02 Å². The number of rotatable bonds is 8. The number of nitrogens with zero attached hydrogens (tertiary/aromatic N) is 5. The second-order valence-electron chi connectivity index (χ2n) is 10.3. The number of hydrogen-bond donors (Lipinski definition) is 2. The molecule has 2 aliphatic rings. The van der Waals surface area contributed by atoms with Gasteiger partial charge in [-0.2, -0.15) is 0 Å². The van der Waals surface area contributed by atoms with Crippen LogP contribution in [0.1, 0.15) is 48.5 Å². The summed E-state index contributed by atoms with van der Waals surface area (Å²) in [6.07, 6.45) is 9.87. The van der Waals surface area contributed by atoms with Crippen LogP contribution in [0.25, 0.3) is 11.4 Å². The summed E-state index contributed by atoms with van der Waals surface area (Å²) in [6, 6.07) is 8.39. The minimum Gasteiger partial charge on any atom is -0.366 e. The lowest BCUT2D eigenvalue weighted by Crippen LogP contribution is -2.58. The fraction of sp³-hybridized carbons (Fsp3) is 0.464. The van der Waals surface area contributed by atoms with Crippen LogP contribution in [0.3, 0.4) is 0 Å². The Kier molecular flexibility index (Phi) is 8.53. The summed E-state index contributed by atoms with van der Waals surface area (Å²) in [6.45, 7) is 7.78. The van der Waals surface area contributed by atoms with Crippen molar-refractivity contribution >= 4 is 34.9 Å². The molecule has 10 heteroatoms. The normalized spacial score (nSPS) is 19.7. The lowest BCUT2D eigenvalue weighted by Gasteiger charge is -2.48. The minimum absolute atomic E-state index is 0.428. The molecule has 3 N–H and O–H groups in total. The van der Waals surface area contributed by atoms with Crippen molar-refractivity contribution in [3.05, 3.63) is 64.0 Å². The van der Waals surface area contributed by atoms with Gasteiger partial charge in [0.1, 0.15) is 11.6 Å². The van der Waals surface area contributed by atoms with Gasteiger partial charge < -0.3 is 15.6 Å². The van der Waals surface area contributed by atoms with Gasteiger partial charge in [0.15, 0.2) is 0 Å². The molecule has 0 radical (unpaired) electrons. The van der Waals surface area contributed by atoms with Crippen molar-refractivity contribution in [1.29, 1.82) is 0 Å². The van der Waals surface area contributed by atoms with Crippen molar-refractivity contribution in [3.8, 4) is 11.4 Å². The molecule has 1 amide bonds. The van der Waals surface area contributed by atoms with Crippen LogP contribution in [0.15, 0.2) is 42.9 Å². The van der Waals surface area contributed by atoms with E-state index in [1.807, 2.05) is 24.4 Å². The van der Waals surface area contributed by atoms with Crippen LogP contribution in [0.4, 0.5) is 5.82 Å². The number of amides is 1. The number of imidazole rings is 1. The predicted octanol–water partition coefficient (Wildman–Crippen LogP) is 4.83. The highest BCUT2D eigenvalue weighted by Gasteiger charge is 2.34. The Morgan fingerprint density at radius 2 is 1.95 bits per heavy atom. The van der Waals surface area contributed by atoms with E-state index in [1.165, 1.54) is 0 Å². The van der Waals surface area contributed by atoms with E-state index < -0.39 is 5.91 Å². The van der Waals surface area contributed by atoms with Gasteiger partial charge in [-0.3, -0.25) is 14.6 Å². The highest BCUT2D eigenvalue weighted by Crippen LogP contribution is 2.32. The van der Waals surface area contributed by atoms with Gasteiger partial charge in [0.25, 0.3) is 0 Å². The number of primary amides is 1. The standard InChI is InChI=1S/C28H35Cl2N7O/c1-2-3-23-18-36(28-25(30)14-20(16-34-28)27-32-8-9-33-27)12-13-37(23)22-6-10-35(11-7-22)17-19-4-5-21(29)15-24(19)26(31)38/h4-5,8-9,14-16,22-23H,2-3,6-7,10-13,17-18H2,1H3,(H2,31,38)(H,32,33)/t23-/m0/s1. The van der Waals surface area contributed by atoms with Gasteiger partial charge in [-0.25, -0.2) is 9.97 Å². The summed E-state index contributed by atoms with van der Waals surface area (Å²) < 4.78 is 0. The number of piperidine rings is 1. The molecule has 3 aromatic rings. The fourth-order valence-corrected chi connectivity index (χ4v) is 6.37. The van der Waals surface area contributed by atoms with Crippen LogP contribution in [0.2, 0.25) is 10.0 Å². The van der Waals surface area contributed by atoms with E-state index in [0.29, 0.717) is 34.2 Å². The topological polar surface area (TPSA) is 94.4 Å². The summed E-state index contributed by atoms with van der Waals surface area (Å²) in [5, 5.41) is 1.20. The Hall–Kier alpha value is -2.65. The minimum atomic E-state index is -0.428. The second kappa shape index (κ2) is 12.0. The maximum absolute atomic E-state index is 11.9. The molecule has 0 saturated carbocycles. The van der Waals surface area contributed by atoms with E-state index in [4.69, 9.17) is 33.9 Å². The lowest BCUT2D eigenvalue weighted by atomic mass is 9.96. The smallest absolute Gasteiger partial charge is 0.249 e. The molecule has 1 atom stereocenters. The van der Waals surface area contributed by atoms with Crippen molar-refractivity contribution < 1.29 is 4.79 Å². The molecule has 0 spiro atoms. The SMILES string of the molecule is CCC[C@H]1CN(c2ncc(-c3ncc[nH]3)cc2Cl)CCN1C1CCN(Cc2ccc(Cl)cc2C(N)=O)CC1. The van der Waals surface area contributed by atoms with Crippen molar-refractivity contribution in [1.82, 2.24) is 24.8 Å². The first-order valence-electron chi connectivity index (χ1n) is 13.4. The number of carbonyl (C=O) groups is 1. The Morgan fingerprint density at radius 3 is 2.63 bits per heavy atom. The summed E-state index contributed by atoms with van der Waals surface area (Å²) >= 11 is 12.8. The number of halogens is 2. The molecule has 2 aliphatic heterocycles. The molecular formula is C28H35Cl2N7O. The monoisotopic (exact) mass is 555 g/mol. The van der Waals surface area contributed by atoms with Crippen LogP contribution in [0.5, 0.6) is 0 Å². The van der Waals surface area contributed by atoms with Gasteiger partial charge in [0, 0.05) is 73.0 Å². The Morgan fingerprint density at radius 1 is 1.13 bits per heavy atom. The van der Waals surface area contributed by atoms with Crippen LogP contribution in [0, 0.1) is 0 Å². The highest BCUT2D eigenvalue weighted by molar-refractivity contribution is 6.33. The molecule has 4 heterocycles. The molecule has 202 valence electrons. The van der Waals surface area contributed by atoms with Gasteiger partial charge in [-0.05, 0) is 56.1 Å². The number of aromatic nitrogens is 3. The lowest BCUT2D eigenvalue weighted by molar-refractivity contribution is 0.0588. The number of benzene rings is 1. The predicted molar refractivity (Wildman–Crippen MR) is 153 cm³/mol. The quantitative estimate of drug-likeness (QED) is 0.413. The van der Waals surface area contributed by atoms with Gasteiger partial charge >= 0.3 is 0 Å². The number of hydrogen-bond acceptors (Lipinski definition) is 6. The first-order valence-corrected chi connectivity index (χ1v) is 14.1. The van der Waals surface area contributed by atoms with Gasteiger partial charge in [-0.15, -0.1) is 0 Å². The summed E-state index contributed by atoms with van der Waals surface area (Å²) in [7, 11) is 0. The largest absolute Gasteiger partial charge is 0.366 e.